The zero-order valence-electron chi connectivity index (χ0n) is 14.2. The molecule has 0 bridgehead atoms. The highest BCUT2D eigenvalue weighted by molar-refractivity contribution is 5.76. The first-order valence-electron chi connectivity index (χ1n) is 8.51. The molecule has 1 fully saturated rings. The maximum absolute atomic E-state index is 12.3. The van der Waals surface area contributed by atoms with Crippen molar-refractivity contribution in [3.8, 4) is 0 Å². The number of aromatic nitrogens is 4. The van der Waals surface area contributed by atoms with Crippen LogP contribution in [-0.2, 0) is 11.2 Å². The van der Waals surface area contributed by atoms with E-state index in [1.807, 2.05) is 13.8 Å². The molecule has 0 unspecified atom stereocenters. The lowest BCUT2D eigenvalue weighted by Gasteiger charge is -2.29. The minimum Gasteiger partial charge on any atom is -0.353 e. The van der Waals surface area contributed by atoms with E-state index in [0.717, 1.165) is 23.4 Å². The van der Waals surface area contributed by atoms with Gasteiger partial charge >= 0.3 is 0 Å². The van der Waals surface area contributed by atoms with Gasteiger partial charge in [-0.25, -0.2) is 9.50 Å². The molecule has 0 radical (unpaired) electrons. The number of carbonyl (C=O) groups excluding carboxylic acids is 1. The molecule has 2 atom stereocenters. The first kappa shape index (κ1) is 15.9. The van der Waals surface area contributed by atoms with Crippen molar-refractivity contribution in [2.45, 2.75) is 65.3 Å². The second-order valence-electron chi connectivity index (χ2n) is 6.67. The first-order valence-corrected chi connectivity index (χ1v) is 8.51. The average molecular weight is 315 g/mol. The Morgan fingerprint density at radius 2 is 2.13 bits per heavy atom. The van der Waals surface area contributed by atoms with E-state index in [2.05, 4.69) is 27.3 Å². The lowest BCUT2D eigenvalue weighted by atomic mass is 9.86. The highest BCUT2D eigenvalue weighted by Gasteiger charge is 2.22. The Bertz CT molecular complexity index is 708. The van der Waals surface area contributed by atoms with Crippen molar-refractivity contribution in [1.82, 2.24) is 24.9 Å². The molecule has 2 heterocycles. The van der Waals surface area contributed by atoms with Gasteiger partial charge in [-0.1, -0.05) is 19.8 Å². The molecule has 2 aromatic rings. The molecule has 23 heavy (non-hydrogen) atoms. The molecule has 0 saturated heterocycles. The Hall–Kier alpha value is -1.98. The molecule has 1 aliphatic carbocycles. The van der Waals surface area contributed by atoms with Crippen molar-refractivity contribution in [1.29, 1.82) is 0 Å². The fraction of sp³-hybridized carbons (Fsp3) is 0.647. The molecule has 0 spiro atoms. The second kappa shape index (κ2) is 6.64. The summed E-state index contributed by atoms with van der Waals surface area (Å²) in [6, 6.07) is 0.342. The van der Waals surface area contributed by atoms with Crippen LogP contribution in [0.3, 0.4) is 0 Å². The molecular weight excluding hydrogens is 290 g/mol. The minimum atomic E-state index is 0.140. The van der Waals surface area contributed by atoms with Gasteiger partial charge in [0.05, 0.1) is 0 Å². The smallest absolute Gasteiger partial charge is 0.252 e. The summed E-state index contributed by atoms with van der Waals surface area (Å²) in [6.07, 6.45) is 7.53. The second-order valence-corrected chi connectivity index (χ2v) is 6.67. The predicted octanol–water partition coefficient (Wildman–Crippen LogP) is 2.37. The van der Waals surface area contributed by atoms with Crippen molar-refractivity contribution in [2.75, 3.05) is 0 Å². The molecule has 6 heteroatoms. The normalized spacial score (nSPS) is 21.5. The molecule has 6 nitrogen and oxygen atoms in total. The summed E-state index contributed by atoms with van der Waals surface area (Å²) in [7, 11) is 0. The van der Waals surface area contributed by atoms with Crippen LogP contribution in [-0.4, -0.2) is 31.5 Å². The molecule has 1 amide bonds. The average Bonchev–Trinajstić information content (AvgIpc) is 2.98. The minimum absolute atomic E-state index is 0.140. The van der Waals surface area contributed by atoms with E-state index >= 15 is 0 Å². The number of carbonyl (C=O) groups is 1. The van der Waals surface area contributed by atoms with Crippen molar-refractivity contribution in [3.05, 3.63) is 23.3 Å². The summed E-state index contributed by atoms with van der Waals surface area (Å²) in [5, 5.41) is 7.41. The fourth-order valence-corrected chi connectivity index (χ4v) is 3.57. The van der Waals surface area contributed by atoms with Gasteiger partial charge in [0.1, 0.15) is 6.33 Å². The van der Waals surface area contributed by atoms with E-state index in [9.17, 15) is 4.79 Å². The Morgan fingerprint density at radius 1 is 1.35 bits per heavy atom. The van der Waals surface area contributed by atoms with Crippen LogP contribution >= 0.6 is 0 Å². The lowest BCUT2D eigenvalue weighted by molar-refractivity contribution is -0.122. The number of fused-ring (bicyclic) bond motifs is 1. The van der Waals surface area contributed by atoms with Crippen molar-refractivity contribution < 1.29 is 4.79 Å². The number of amides is 1. The van der Waals surface area contributed by atoms with E-state index in [1.54, 1.807) is 4.52 Å². The van der Waals surface area contributed by atoms with E-state index in [1.165, 1.54) is 25.6 Å². The van der Waals surface area contributed by atoms with Crippen molar-refractivity contribution in [3.63, 3.8) is 0 Å². The first-order chi connectivity index (χ1) is 11.1. The molecule has 124 valence electrons. The highest BCUT2D eigenvalue weighted by atomic mass is 16.1. The number of rotatable bonds is 4. The quantitative estimate of drug-likeness (QED) is 0.940. The topological polar surface area (TPSA) is 72.2 Å². The number of hydrogen-bond donors (Lipinski definition) is 1. The van der Waals surface area contributed by atoms with Gasteiger partial charge in [0.2, 0.25) is 5.91 Å². The van der Waals surface area contributed by atoms with Gasteiger partial charge in [0, 0.05) is 23.9 Å². The van der Waals surface area contributed by atoms with E-state index in [0.29, 0.717) is 30.6 Å². The van der Waals surface area contributed by atoms with Gasteiger partial charge in [-0.3, -0.25) is 4.79 Å². The Morgan fingerprint density at radius 3 is 2.91 bits per heavy atom. The largest absolute Gasteiger partial charge is 0.353 e. The summed E-state index contributed by atoms with van der Waals surface area (Å²) in [6.45, 7) is 6.21. The molecule has 1 saturated carbocycles. The van der Waals surface area contributed by atoms with Crippen molar-refractivity contribution in [2.24, 2.45) is 5.92 Å². The van der Waals surface area contributed by atoms with Crippen molar-refractivity contribution >= 4 is 11.7 Å². The number of nitrogens with one attached hydrogen (secondary N) is 1. The van der Waals surface area contributed by atoms with E-state index < -0.39 is 0 Å². The SMILES string of the molecule is Cc1nc2ncnn2c(C)c1CCC(=O)N[C@@H]1CCCC[C@H]1C. The third kappa shape index (κ3) is 3.35. The Balaban J connectivity index is 1.64. The van der Waals surface area contributed by atoms with Crippen LogP contribution in [0.25, 0.3) is 5.78 Å². The van der Waals surface area contributed by atoms with Crippen LogP contribution in [0.5, 0.6) is 0 Å². The molecule has 1 N–H and O–H groups in total. The third-order valence-corrected chi connectivity index (χ3v) is 5.05. The van der Waals surface area contributed by atoms with Gasteiger partial charge in [0.15, 0.2) is 0 Å². The van der Waals surface area contributed by atoms with Crippen LogP contribution in [0.2, 0.25) is 0 Å². The summed E-state index contributed by atoms with van der Waals surface area (Å²) >= 11 is 0. The fourth-order valence-electron chi connectivity index (χ4n) is 3.57. The van der Waals surface area contributed by atoms with Crippen LogP contribution < -0.4 is 5.32 Å². The summed E-state index contributed by atoms with van der Waals surface area (Å²) < 4.78 is 1.74. The zero-order valence-corrected chi connectivity index (χ0v) is 14.2. The molecule has 1 aliphatic rings. The van der Waals surface area contributed by atoms with Crippen LogP contribution in [0, 0.1) is 19.8 Å². The third-order valence-electron chi connectivity index (χ3n) is 5.05. The number of aryl methyl sites for hydroxylation is 2. The Labute approximate surface area is 136 Å². The van der Waals surface area contributed by atoms with Crippen LogP contribution in [0.15, 0.2) is 6.33 Å². The Kier molecular flexibility index (Phi) is 4.59. The summed E-state index contributed by atoms with van der Waals surface area (Å²) in [5.41, 5.74) is 3.04. The molecule has 2 aromatic heterocycles. The maximum Gasteiger partial charge on any atom is 0.252 e. The van der Waals surface area contributed by atoms with Gasteiger partial charge < -0.3 is 5.32 Å². The van der Waals surface area contributed by atoms with Gasteiger partial charge in [0.25, 0.3) is 5.78 Å². The van der Waals surface area contributed by atoms with Crippen LogP contribution in [0.4, 0.5) is 0 Å². The molecule has 0 aliphatic heterocycles. The van der Waals surface area contributed by atoms with Crippen LogP contribution in [0.1, 0.15) is 56.0 Å². The standard InChI is InChI=1S/C17H25N5O/c1-11-6-4-5-7-15(11)21-16(23)9-8-14-12(2)20-17-18-10-19-22(17)13(14)3/h10-11,15H,4-9H2,1-3H3,(H,21,23)/t11-,15-/m1/s1. The summed E-state index contributed by atoms with van der Waals surface area (Å²) in [4.78, 5) is 20.9. The lowest BCUT2D eigenvalue weighted by Crippen LogP contribution is -2.41. The van der Waals surface area contributed by atoms with Gasteiger partial charge in [-0.15, -0.1) is 0 Å². The molecule has 0 aromatic carbocycles. The monoisotopic (exact) mass is 315 g/mol. The van der Waals surface area contributed by atoms with Gasteiger partial charge in [-0.2, -0.15) is 10.1 Å². The van der Waals surface area contributed by atoms with E-state index in [-0.39, 0.29) is 5.91 Å². The van der Waals surface area contributed by atoms with E-state index in [4.69, 9.17) is 0 Å². The number of nitrogens with zero attached hydrogens (tertiary/aromatic N) is 4. The molecular formula is C17H25N5O. The van der Waals surface area contributed by atoms with Gasteiger partial charge in [-0.05, 0) is 44.6 Å². The predicted molar refractivity (Wildman–Crippen MR) is 88.1 cm³/mol. The molecule has 3 rings (SSSR count). The highest BCUT2D eigenvalue weighted by Crippen LogP contribution is 2.24. The zero-order chi connectivity index (χ0) is 16.4. The maximum atomic E-state index is 12.3. The summed E-state index contributed by atoms with van der Waals surface area (Å²) in [5.74, 6) is 1.34. The number of hydrogen-bond acceptors (Lipinski definition) is 4.